The van der Waals surface area contributed by atoms with Crippen molar-refractivity contribution >= 4 is 11.7 Å². The smallest absolute Gasteiger partial charge is 0.416 e. The number of carbonyl (C=O) groups is 1. The fraction of sp³-hybridized carbons (Fsp3) is 0.292. The molecular formula is C24H24F3N3O2. The van der Waals surface area contributed by atoms with Crippen molar-refractivity contribution in [2.45, 2.75) is 32.5 Å². The normalized spacial score (nSPS) is 12.5. The lowest BCUT2D eigenvalue weighted by Crippen LogP contribution is -2.14. The zero-order valence-corrected chi connectivity index (χ0v) is 18.0. The van der Waals surface area contributed by atoms with E-state index in [0.29, 0.717) is 17.2 Å². The predicted octanol–water partition coefficient (Wildman–Crippen LogP) is 6.15. The lowest BCUT2D eigenvalue weighted by atomic mass is 9.94. The van der Waals surface area contributed by atoms with Gasteiger partial charge in [-0.15, -0.1) is 0 Å². The van der Waals surface area contributed by atoms with E-state index in [4.69, 9.17) is 0 Å². The molecule has 0 saturated heterocycles. The van der Waals surface area contributed by atoms with Crippen LogP contribution in [0, 0.1) is 5.92 Å². The second-order valence-electron chi connectivity index (χ2n) is 7.81. The number of methoxy groups -OCH3 is 1. The number of nitrogens with one attached hydrogen (secondary N) is 1. The van der Waals surface area contributed by atoms with E-state index in [1.807, 2.05) is 24.3 Å². The van der Waals surface area contributed by atoms with E-state index in [0.717, 1.165) is 29.7 Å². The van der Waals surface area contributed by atoms with Crippen molar-refractivity contribution in [1.29, 1.82) is 0 Å². The molecule has 0 aliphatic carbocycles. The van der Waals surface area contributed by atoms with Gasteiger partial charge in [-0.1, -0.05) is 50.2 Å². The molecule has 1 atom stereocenters. The quantitative estimate of drug-likeness (QED) is 0.444. The average molecular weight is 443 g/mol. The van der Waals surface area contributed by atoms with Crippen LogP contribution in [0.15, 0.2) is 60.9 Å². The van der Waals surface area contributed by atoms with Crippen molar-refractivity contribution in [3.63, 3.8) is 0 Å². The molecule has 1 aromatic heterocycles. The lowest BCUT2D eigenvalue weighted by Gasteiger charge is -2.22. The molecule has 8 heteroatoms. The number of halogens is 3. The number of anilines is 1. The largest absolute Gasteiger partial charge is 0.463 e. The minimum atomic E-state index is -4.35. The van der Waals surface area contributed by atoms with Crippen LogP contribution in [0.5, 0.6) is 0 Å². The van der Waals surface area contributed by atoms with E-state index in [2.05, 4.69) is 33.9 Å². The van der Waals surface area contributed by atoms with Crippen LogP contribution in [0.3, 0.4) is 0 Å². The molecule has 1 N–H and O–H groups in total. The van der Waals surface area contributed by atoms with E-state index in [9.17, 15) is 18.0 Å². The summed E-state index contributed by atoms with van der Waals surface area (Å²) in [4.78, 5) is 19.6. The fourth-order valence-electron chi connectivity index (χ4n) is 3.31. The van der Waals surface area contributed by atoms with Gasteiger partial charge in [-0.2, -0.15) is 13.2 Å². The van der Waals surface area contributed by atoms with Gasteiger partial charge in [-0.25, -0.2) is 14.8 Å². The number of esters is 1. The molecule has 3 aromatic rings. The highest BCUT2D eigenvalue weighted by atomic mass is 19.4. The second-order valence-corrected chi connectivity index (χ2v) is 7.81. The molecule has 1 heterocycles. The summed E-state index contributed by atoms with van der Waals surface area (Å²) in [7, 11) is 1.27. The number of aromatic nitrogens is 2. The van der Waals surface area contributed by atoms with E-state index in [-0.39, 0.29) is 11.9 Å². The van der Waals surface area contributed by atoms with Crippen LogP contribution >= 0.6 is 0 Å². The molecule has 0 saturated carbocycles. The summed E-state index contributed by atoms with van der Waals surface area (Å²) in [5.74, 6) is -0.217. The number of benzene rings is 2. The topological polar surface area (TPSA) is 64.1 Å². The first kappa shape index (κ1) is 23.2. The Morgan fingerprint density at radius 3 is 1.97 bits per heavy atom. The standard InChI is InChI=1S/C24H24F3N3O2/c1-15(2)12-21(30-20-13-28-22(29-14-20)23(31)32-3)18-6-4-16(5-7-18)17-8-10-19(11-9-17)24(25,26)27/h4-11,13-15,21,30H,12H2,1-3H3. The van der Waals surface area contributed by atoms with Gasteiger partial charge in [0, 0.05) is 0 Å². The Morgan fingerprint density at radius 2 is 1.50 bits per heavy atom. The van der Waals surface area contributed by atoms with Crippen molar-refractivity contribution in [2.24, 2.45) is 5.92 Å². The summed E-state index contributed by atoms with van der Waals surface area (Å²) in [5, 5.41) is 3.39. The number of rotatable bonds is 7. The molecular weight excluding hydrogens is 419 g/mol. The maximum atomic E-state index is 12.8. The molecule has 168 valence electrons. The predicted molar refractivity (Wildman–Crippen MR) is 116 cm³/mol. The number of nitrogens with zero attached hydrogens (tertiary/aromatic N) is 2. The van der Waals surface area contributed by atoms with Gasteiger partial charge >= 0.3 is 12.1 Å². The van der Waals surface area contributed by atoms with Crippen LogP contribution in [0.25, 0.3) is 11.1 Å². The Hall–Kier alpha value is -3.42. The zero-order valence-electron chi connectivity index (χ0n) is 18.0. The average Bonchev–Trinajstić information content (AvgIpc) is 2.78. The van der Waals surface area contributed by atoms with Crippen molar-refractivity contribution in [3.05, 3.63) is 77.9 Å². The molecule has 0 aliphatic heterocycles. The van der Waals surface area contributed by atoms with Gasteiger partial charge in [-0.05, 0) is 41.2 Å². The highest BCUT2D eigenvalue weighted by Gasteiger charge is 2.30. The highest BCUT2D eigenvalue weighted by molar-refractivity contribution is 5.85. The first-order chi connectivity index (χ1) is 15.2. The Morgan fingerprint density at radius 1 is 0.969 bits per heavy atom. The van der Waals surface area contributed by atoms with Gasteiger partial charge in [-0.3, -0.25) is 0 Å². The van der Waals surface area contributed by atoms with Crippen molar-refractivity contribution < 1.29 is 22.7 Å². The van der Waals surface area contributed by atoms with Crippen molar-refractivity contribution in [3.8, 4) is 11.1 Å². The molecule has 32 heavy (non-hydrogen) atoms. The number of ether oxygens (including phenoxy) is 1. The van der Waals surface area contributed by atoms with Crippen LogP contribution in [-0.2, 0) is 10.9 Å². The second kappa shape index (κ2) is 9.80. The summed E-state index contributed by atoms with van der Waals surface area (Å²) in [6.45, 7) is 4.23. The van der Waals surface area contributed by atoms with E-state index < -0.39 is 17.7 Å². The minimum Gasteiger partial charge on any atom is -0.463 e. The summed E-state index contributed by atoms with van der Waals surface area (Å²) in [6.07, 6.45) is -0.457. The van der Waals surface area contributed by atoms with Gasteiger partial charge in [0.05, 0.1) is 36.8 Å². The van der Waals surface area contributed by atoms with Crippen LogP contribution in [0.2, 0.25) is 0 Å². The molecule has 5 nitrogen and oxygen atoms in total. The highest BCUT2D eigenvalue weighted by Crippen LogP contribution is 2.32. The Bertz CT molecular complexity index is 1030. The molecule has 1 unspecified atom stereocenters. The third-order valence-electron chi connectivity index (χ3n) is 4.93. The molecule has 0 bridgehead atoms. The summed E-state index contributed by atoms with van der Waals surface area (Å²) < 4.78 is 43.0. The Labute approximate surface area is 184 Å². The minimum absolute atomic E-state index is 0.0145. The van der Waals surface area contributed by atoms with Crippen LogP contribution in [0.4, 0.5) is 18.9 Å². The lowest BCUT2D eigenvalue weighted by molar-refractivity contribution is -0.137. The SMILES string of the molecule is COC(=O)c1ncc(NC(CC(C)C)c2ccc(-c3ccc(C(F)(F)F)cc3)cc2)cn1. The number of alkyl halides is 3. The fourth-order valence-corrected chi connectivity index (χ4v) is 3.31. The van der Waals surface area contributed by atoms with E-state index in [1.54, 1.807) is 0 Å². The Balaban J connectivity index is 1.78. The maximum Gasteiger partial charge on any atom is 0.416 e. The third-order valence-corrected chi connectivity index (χ3v) is 4.93. The van der Waals surface area contributed by atoms with Crippen molar-refractivity contribution in [2.75, 3.05) is 12.4 Å². The van der Waals surface area contributed by atoms with Gasteiger partial charge in [0.1, 0.15) is 0 Å². The van der Waals surface area contributed by atoms with E-state index >= 15 is 0 Å². The molecule has 0 radical (unpaired) electrons. The third kappa shape index (κ3) is 5.84. The molecule has 3 rings (SSSR count). The first-order valence-corrected chi connectivity index (χ1v) is 10.1. The monoisotopic (exact) mass is 443 g/mol. The number of hydrogen-bond acceptors (Lipinski definition) is 5. The van der Waals surface area contributed by atoms with Gasteiger partial charge in [0.25, 0.3) is 0 Å². The zero-order chi connectivity index (χ0) is 23.3. The number of hydrogen-bond donors (Lipinski definition) is 1. The first-order valence-electron chi connectivity index (χ1n) is 10.1. The summed E-state index contributed by atoms with van der Waals surface area (Å²) in [5.41, 5.74) is 2.56. The van der Waals surface area contributed by atoms with E-state index in [1.165, 1.54) is 31.6 Å². The molecule has 0 amide bonds. The van der Waals surface area contributed by atoms with Crippen LogP contribution in [0.1, 0.15) is 48.1 Å². The van der Waals surface area contributed by atoms with Gasteiger partial charge in [0.15, 0.2) is 0 Å². The van der Waals surface area contributed by atoms with Crippen LogP contribution in [-0.4, -0.2) is 23.0 Å². The maximum absolute atomic E-state index is 12.8. The summed E-state index contributed by atoms with van der Waals surface area (Å²) >= 11 is 0. The number of carbonyl (C=O) groups excluding carboxylic acids is 1. The van der Waals surface area contributed by atoms with Crippen LogP contribution < -0.4 is 5.32 Å². The molecule has 2 aromatic carbocycles. The molecule has 0 aliphatic rings. The van der Waals surface area contributed by atoms with Crippen molar-refractivity contribution in [1.82, 2.24) is 9.97 Å². The van der Waals surface area contributed by atoms with Gasteiger partial charge < -0.3 is 10.1 Å². The van der Waals surface area contributed by atoms with Gasteiger partial charge in [0.2, 0.25) is 5.82 Å². The molecule has 0 spiro atoms. The summed E-state index contributed by atoms with van der Waals surface area (Å²) in [6, 6.07) is 12.8. The Kier molecular flexibility index (Phi) is 7.12. The molecule has 0 fully saturated rings.